The highest BCUT2D eigenvalue weighted by atomic mass is 16.6. The molecule has 0 aromatic carbocycles. The monoisotopic (exact) mass is 321 g/mol. The number of fused-ring (bicyclic) bond motifs is 3. The summed E-state index contributed by atoms with van der Waals surface area (Å²) >= 11 is 0. The van der Waals surface area contributed by atoms with Gasteiger partial charge in [-0.2, -0.15) is 4.98 Å². The second-order valence-electron chi connectivity index (χ2n) is 5.94. The quantitative estimate of drug-likeness (QED) is 0.828. The van der Waals surface area contributed by atoms with Crippen molar-refractivity contribution in [2.45, 2.75) is 43.8 Å². The van der Waals surface area contributed by atoms with E-state index in [4.69, 9.17) is 19.9 Å². The van der Waals surface area contributed by atoms with E-state index in [9.17, 15) is 4.79 Å². The summed E-state index contributed by atoms with van der Waals surface area (Å²) in [4.78, 5) is 22.7. The predicted octanol–water partition coefficient (Wildman–Crippen LogP) is 0.183. The average molecular weight is 321 g/mol. The molecular weight excluding hydrogens is 302 g/mol. The Balaban J connectivity index is 1.84. The Bertz CT molecular complexity index is 802. The zero-order valence-corrected chi connectivity index (χ0v) is 13.0. The van der Waals surface area contributed by atoms with E-state index in [2.05, 4.69) is 21.9 Å². The van der Waals surface area contributed by atoms with Crippen molar-refractivity contribution in [2.24, 2.45) is 0 Å². The number of H-pyrrole nitrogens is 1. The number of aromatic amines is 1. The third-order valence-corrected chi connectivity index (χ3v) is 4.87. The highest BCUT2D eigenvalue weighted by Gasteiger charge is 2.58. The van der Waals surface area contributed by atoms with E-state index in [-0.39, 0.29) is 29.2 Å². The van der Waals surface area contributed by atoms with Crippen LogP contribution in [0.3, 0.4) is 0 Å². The number of hydrogen-bond acceptors (Lipinski definition) is 7. The lowest BCUT2D eigenvalue weighted by atomic mass is 9.87. The van der Waals surface area contributed by atoms with Crippen molar-refractivity contribution in [3.8, 4) is 0 Å². The fourth-order valence-corrected chi connectivity index (χ4v) is 3.72. The molecule has 3 N–H and O–H groups in total. The number of nitrogens with zero attached hydrogens (tertiary/aromatic N) is 3. The maximum Gasteiger partial charge on any atom is 0.280 e. The lowest BCUT2D eigenvalue weighted by Gasteiger charge is -2.36. The summed E-state index contributed by atoms with van der Waals surface area (Å²) in [5.41, 5.74) is 5.50. The van der Waals surface area contributed by atoms with E-state index in [1.807, 2.05) is 0 Å². The first kappa shape index (κ1) is 14.6. The van der Waals surface area contributed by atoms with Crippen molar-refractivity contribution in [1.82, 2.24) is 19.5 Å². The van der Waals surface area contributed by atoms with Crippen LogP contribution in [0.15, 0.2) is 11.1 Å². The summed E-state index contributed by atoms with van der Waals surface area (Å²) in [6.07, 6.45) is 2.19. The van der Waals surface area contributed by atoms with Crippen molar-refractivity contribution >= 4 is 17.1 Å². The molecule has 0 aliphatic carbocycles. The smallest absolute Gasteiger partial charge is 0.280 e. The predicted molar refractivity (Wildman–Crippen MR) is 80.9 cm³/mol. The van der Waals surface area contributed by atoms with Gasteiger partial charge in [-0.3, -0.25) is 14.3 Å². The number of nitrogens with one attached hydrogen (secondary N) is 1. The number of imidazole rings is 1. The molecule has 2 unspecified atom stereocenters. The minimum Gasteiger partial charge on any atom is -0.376 e. The van der Waals surface area contributed by atoms with Crippen LogP contribution in [0.4, 0.5) is 5.95 Å². The fraction of sp³-hybridized carbons (Fsp3) is 0.643. The zero-order chi connectivity index (χ0) is 16.2. The second-order valence-corrected chi connectivity index (χ2v) is 5.94. The van der Waals surface area contributed by atoms with Gasteiger partial charge < -0.3 is 19.9 Å². The zero-order valence-electron chi connectivity index (χ0n) is 13.0. The topological polar surface area (TPSA) is 117 Å². The van der Waals surface area contributed by atoms with Crippen LogP contribution in [0.5, 0.6) is 0 Å². The molecule has 4 atom stereocenters. The molecule has 4 heterocycles. The molecule has 2 bridgehead atoms. The number of nitrogen functional groups attached to an aromatic ring is 1. The van der Waals surface area contributed by atoms with Gasteiger partial charge in [0.25, 0.3) is 5.56 Å². The van der Waals surface area contributed by atoms with E-state index in [0.29, 0.717) is 12.3 Å². The summed E-state index contributed by atoms with van der Waals surface area (Å²) in [6, 6.07) is 0. The van der Waals surface area contributed by atoms with Gasteiger partial charge in [0.15, 0.2) is 17.4 Å². The molecule has 2 fully saturated rings. The molecule has 0 saturated carbocycles. The third-order valence-electron chi connectivity index (χ3n) is 4.87. The summed E-state index contributed by atoms with van der Waals surface area (Å²) in [5.74, 6) is 0.0413. The van der Waals surface area contributed by atoms with Gasteiger partial charge in [0.2, 0.25) is 5.95 Å². The van der Waals surface area contributed by atoms with Crippen LogP contribution >= 0.6 is 0 Å². The van der Waals surface area contributed by atoms with Gasteiger partial charge in [-0.15, -0.1) is 0 Å². The summed E-state index contributed by atoms with van der Waals surface area (Å²) in [6.45, 7) is 2.68. The number of aromatic nitrogens is 4. The third kappa shape index (κ3) is 1.93. The molecule has 9 heteroatoms. The second kappa shape index (κ2) is 5.02. The van der Waals surface area contributed by atoms with Crippen LogP contribution in [0.1, 0.15) is 26.0 Å². The molecule has 4 rings (SSSR count). The largest absolute Gasteiger partial charge is 0.376 e. The Morgan fingerprint density at radius 1 is 1.61 bits per heavy atom. The van der Waals surface area contributed by atoms with Crippen LogP contribution in [0, 0.1) is 0 Å². The molecule has 2 aliphatic heterocycles. The Labute approximate surface area is 131 Å². The van der Waals surface area contributed by atoms with Crippen LogP contribution in [-0.4, -0.2) is 51.0 Å². The maximum absolute atomic E-state index is 11.9. The number of methoxy groups -OCH3 is 1. The van der Waals surface area contributed by atoms with Crippen LogP contribution in [-0.2, 0) is 14.2 Å². The summed E-state index contributed by atoms with van der Waals surface area (Å²) in [5, 5.41) is 0. The van der Waals surface area contributed by atoms with Gasteiger partial charge >= 0.3 is 0 Å². The van der Waals surface area contributed by atoms with E-state index < -0.39 is 11.8 Å². The molecule has 2 aromatic heterocycles. The van der Waals surface area contributed by atoms with Gasteiger partial charge in [0, 0.05) is 13.5 Å². The Hall–Kier alpha value is -1.97. The first-order chi connectivity index (χ1) is 11.1. The minimum atomic E-state index is -0.457. The van der Waals surface area contributed by atoms with Crippen molar-refractivity contribution in [3.63, 3.8) is 0 Å². The highest BCUT2D eigenvalue weighted by molar-refractivity contribution is 5.70. The van der Waals surface area contributed by atoms with Crippen molar-refractivity contribution < 1.29 is 14.2 Å². The van der Waals surface area contributed by atoms with E-state index in [1.54, 1.807) is 11.7 Å². The molecular formula is C14H19N5O4. The first-order valence-electron chi connectivity index (χ1n) is 7.64. The number of nitrogens with two attached hydrogens (primary N) is 1. The first-order valence-corrected chi connectivity index (χ1v) is 7.64. The molecule has 0 amide bonds. The molecule has 0 spiro atoms. The molecule has 0 radical (unpaired) electrons. The standard InChI is InChI=1S/C14H19N5O4/c1-3-14-4-5-22-8(9(14)21-2)12(23-14)19-6-16-7-10(19)17-13(15)18-11(7)20/h6,8-9,12H,3-5H2,1-2H3,(H3,15,17,18,20)/t8?,9?,12-,14+/m1/s1. The van der Waals surface area contributed by atoms with Crippen molar-refractivity contribution in [1.29, 1.82) is 0 Å². The van der Waals surface area contributed by atoms with Crippen LogP contribution in [0.25, 0.3) is 11.2 Å². The molecule has 23 heavy (non-hydrogen) atoms. The van der Waals surface area contributed by atoms with Gasteiger partial charge in [-0.05, 0) is 6.42 Å². The summed E-state index contributed by atoms with van der Waals surface area (Å²) < 4.78 is 19.6. The number of anilines is 1. The molecule has 2 aliphatic rings. The molecule has 124 valence electrons. The Kier molecular flexibility index (Phi) is 3.19. The number of ether oxygens (including phenoxy) is 3. The van der Waals surface area contributed by atoms with Gasteiger partial charge in [0.05, 0.1) is 12.9 Å². The maximum atomic E-state index is 11.9. The summed E-state index contributed by atoms with van der Waals surface area (Å²) in [7, 11) is 1.66. The fourth-order valence-electron chi connectivity index (χ4n) is 3.72. The number of hydrogen-bond donors (Lipinski definition) is 2. The number of rotatable bonds is 3. The molecule has 2 aromatic rings. The van der Waals surface area contributed by atoms with Crippen LogP contribution < -0.4 is 11.3 Å². The van der Waals surface area contributed by atoms with Gasteiger partial charge in [-0.1, -0.05) is 6.92 Å². The average Bonchev–Trinajstić information content (AvgIpc) is 3.02. The van der Waals surface area contributed by atoms with E-state index in [1.165, 1.54) is 6.33 Å². The molecule has 9 nitrogen and oxygen atoms in total. The highest BCUT2D eigenvalue weighted by Crippen LogP contribution is 2.47. The van der Waals surface area contributed by atoms with Crippen molar-refractivity contribution in [3.05, 3.63) is 16.7 Å². The van der Waals surface area contributed by atoms with Gasteiger partial charge in [0.1, 0.15) is 17.8 Å². The lowest BCUT2D eigenvalue weighted by Crippen LogP contribution is -2.49. The van der Waals surface area contributed by atoms with Crippen molar-refractivity contribution in [2.75, 3.05) is 19.5 Å². The van der Waals surface area contributed by atoms with E-state index in [0.717, 1.165) is 12.8 Å². The van der Waals surface area contributed by atoms with Gasteiger partial charge in [-0.25, -0.2) is 4.98 Å². The molecule has 2 saturated heterocycles. The Morgan fingerprint density at radius 2 is 2.43 bits per heavy atom. The lowest BCUT2D eigenvalue weighted by molar-refractivity contribution is -0.136. The minimum absolute atomic E-state index is 0.0413. The SMILES string of the molecule is CC[C@]12CCOC(C1OC)[C@H](n1cnc3c(=O)[nH]c(N)nc31)O2. The van der Waals surface area contributed by atoms with E-state index >= 15 is 0 Å². The normalized spacial score (nSPS) is 33.4. The van der Waals surface area contributed by atoms with Crippen LogP contribution in [0.2, 0.25) is 0 Å². The Morgan fingerprint density at radius 3 is 3.13 bits per heavy atom.